The van der Waals surface area contributed by atoms with Gasteiger partial charge in [-0.15, -0.1) is 0 Å². The summed E-state index contributed by atoms with van der Waals surface area (Å²) in [6.07, 6.45) is 3.41. The molecule has 18 heavy (non-hydrogen) atoms. The van der Waals surface area contributed by atoms with Gasteiger partial charge < -0.3 is 9.30 Å². The number of halogens is 1. The van der Waals surface area contributed by atoms with Crippen molar-refractivity contribution in [2.45, 2.75) is 26.2 Å². The maximum Gasteiger partial charge on any atom is 0.132 e. The summed E-state index contributed by atoms with van der Waals surface area (Å²) in [6, 6.07) is 4.28. The number of hydrogen-bond donors (Lipinski definition) is 0. The van der Waals surface area contributed by atoms with Crippen LogP contribution in [-0.2, 0) is 0 Å². The highest BCUT2D eigenvalue weighted by Gasteiger charge is 2.26. The Hall–Kier alpha value is -0.870. The van der Waals surface area contributed by atoms with Crippen molar-refractivity contribution < 1.29 is 0 Å². The Labute approximate surface area is 116 Å². The highest BCUT2D eigenvalue weighted by atomic mass is 79.9. The summed E-state index contributed by atoms with van der Waals surface area (Å²) in [7, 11) is 0. The molecule has 3 heterocycles. The number of nitrogens with zero attached hydrogens (tertiary/aromatic N) is 3. The summed E-state index contributed by atoms with van der Waals surface area (Å²) in [4.78, 5) is 7.23. The van der Waals surface area contributed by atoms with Crippen LogP contribution in [0.15, 0.2) is 22.9 Å². The molecule has 1 atom stereocenters. The normalized spacial score (nSPS) is 20.9. The van der Waals surface area contributed by atoms with Crippen molar-refractivity contribution in [3.8, 4) is 0 Å². The lowest BCUT2D eigenvalue weighted by molar-refractivity contribution is 0.352. The molecular weight excluding hydrogens is 290 g/mol. The number of aromatic nitrogens is 2. The first-order chi connectivity index (χ1) is 8.69. The zero-order valence-electron chi connectivity index (χ0n) is 10.9. The Morgan fingerprint density at radius 1 is 1.44 bits per heavy atom. The zero-order chi connectivity index (χ0) is 12.7. The molecule has 3 nitrogen and oxygen atoms in total. The molecule has 2 aromatic heterocycles. The van der Waals surface area contributed by atoms with Crippen LogP contribution in [0.5, 0.6) is 0 Å². The first-order valence-electron chi connectivity index (χ1n) is 6.55. The van der Waals surface area contributed by atoms with Gasteiger partial charge in [-0.05, 0) is 54.0 Å². The fourth-order valence-corrected chi connectivity index (χ4v) is 3.30. The van der Waals surface area contributed by atoms with Crippen molar-refractivity contribution in [1.29, 1.82) is 0 Å². The van der Waals surface area contributed by atoms with Crippen LogP contribution in [0.1, 0.15) is 30.7 Å². The van der Waals surface area contributed by atoms with Gasteiger partial charge in [0.2, 0.25) is 0 Å². The van der Waals surface area contributed by atoms with Gasteiger partial charge in [0, 0.05) is 18.7 Å². The predicted molar refractivity (Wildman–Crippen MR) is 77.1 cm³/mol. The second-order valence-electron chi connectivity index (χ2n) is 5.10. The fourth-order valence-electron chi connectivity index (χ4n) is 2.79. The van der Waals surface area contributed by atoms with E-state index in [9.17, 15) is 0 Å². The molecule has 1 fully saturated rings. The number of likely N-dealkylation sites (N-methyl/N-ethyl adjacent to an activating group) is 1. The molecule has 2 aromatic rings. The molecule has 1 aliphatic rings. The maximum atomic E-state index is 4.73. The van der Waals surface area contributed by atoms with Crippen molar-refractivity contribution in [3.05, 3.63) is 34.3 Å². The Balaban J connectivity index is 2.04. The lowest BCUT2D eigenvalue weighted by Gasteiger charge is -2.12. The second-order valence-corrected chi connectivity index (χ2v) is 5.85. The van der Waals surface area contributed by atoms with Crippen LogP contribution in [0.2, 0.25) is 0 Å². The Bertz CT molecular complexity index is 576. The average molecular weight is 308 g/mol. The second kappa shape index (κ2) is 4.67. The minimum atomic E-state index is 0.561. The summed E-state index contributed by atoms with van der Waals surface area (Å²) in [5.74, 6) is 1.77. The fraction of sp³-hybridized carbons (Fsp3) is 0.500. The summed E-state index contributed by atoms with van der Waals surface area (Å²) in [6.45, 7) is 7.83. The van der Waals surface area contributed by atoms with E-state index in [1.807, 2.05) is 0 Å². The third kappa shape index (κ3) is 1.97. The molecule has 0 spiro atoms. The monoisotopic (exact) mass is 307 g/mol. The lowest BCUT2D eigenvalue weighted by Crippen LogP contribution is -2.19. The van der Waals surface area contributed by atoms with Crippen LogP contribution in [0, 0.1) is 6.92 Å². The summed E-state index contributed by atoms with van der Waals surface area (Å²) >= 11 is 3.58. The summed E-state index contributed by atoms with van der Waals surface area (Å²) in [5.41, 5.74) is 2.45. The van der Waals surface area contributed by atoms with Gasteiger partial charge in [0.15, 0.2) is 0 Å². The van der Waals surface area contributed by atoms with Crippen LogP contribution in [0.3, 0.4) is 0 Å². The maximum absolute atomic E-state index is 4.73. The largest absolute Gasteiger partial charge is 0.303 e. The summed E-state index contributed by atoms with van der Waals surface area (Å²) in [5, 5.41) is 0. The third-order valence-electron chi connectivity index (χ3n) is 3.85. The van der Waals surface area contributed by atoms with E-state index in [1.54, 1.807) is 0 Å². The van der Waals surface area contributed by atoms with Crippen LogP contribution < -0.4 is 0 Å². The Morgan fingerprint density at radius 2 is 2.28 bits per heavy atom. The number of fused-ring (bicyclic) bond motifs is 1. The molecule has 1 unspecified atom stereocenters. The number of aryl methyl sites for hydroxylation is 1. The van der Waals surface area contributed by atoms with Gasteiger partial charge >= 0.3 is 0 Å². The first kappa shape index (κ1) is 12.2. The Morgan fingerprint density at radius 3 is 3.00 bits per heavy atom. The first-order valence-corrected chi connectivity index (χ1v) is 7.34. The van der Waals surface area contributed by atoms with Crippen molar-refractivity contribution in [3.63, 3.8) is 0 Å². The minimum absolute atomic E-state index is 0.561. The van der Waals surface area contributed by atoms with E-state index in [0.717, 1.165) is 17.7 Å². The predicted octanol–water partition coefficient (Wildman–Crippen LogP) is 3.21. The average Bonchev–Trinajstić information content (AvgIpc) is 2.94. The van der Waals surface area contributed by atoms with Crippen molar-refractivity contribution in [2.75, 3.05) is 19.6 Å². The van der Waals surface area contributed by atoms with E-state index in [0.29, 0.717) is 5.92 Å². The lowest BCUT2D eigenvalue weighted by atomic mass is 10.1. The molecule has 0 aromatic carbocycles. The van der Waals surface area contributed by atoms with Crippen molar-refractivity contribution >= 4 is 21.4 Å². The van der Waals surface area contributed by atoms with Crippen molar-refractivity contribution in [1.82, 2.24) is 14.3 Å². The van der Waals surface area contributed by atoms with Gasteiger partial charge in [-0.2, -0.15) is 0 Å². The van der Waals surface area contributed by atoms with E-state index >= 15 is 0 Å². The van der Waals surface area contributed by atoms with Crippen molar-refractivity contribution in [2.24, 2.45) is 0 Å². The number of imidazole rings is 1. The topological polar surface area (TPSA) is 20.5 Å². The molecule has 1 saturated heterocycles. The van der Waals surface area contributed by atoms with E-state index in [4.69, 9.17) is 4.98 Å². The van der Waals surface area contributed by atoms with E-state index in [-0.39, 0.29) is 0 Å². The van der Waals surface area contributed by atoms with E-state index in [1.165, 1.54) is 29.9 Å². The van der Waals surface area contributed by atoms with Crippen LogP contribution in [0.4, 0.5) is 0 Å². The van der Waals surface area contributed by atoms with Gasteiger partial charge in [-0.25, -0.2) is 4.98 Å². The van der Waals surface area contributed by atoms with Gasteiger partial charge in [0.05, 0.1) is 5.52 Å². The Kier molecular flexibility index (Phi) is 3.16. The van der Waals surface area contributed by atoms with Gasteiger partial charge in [-0.3, -0.25) is 0 Å². The third-order valence-corrected chi connectivity index (χ3v) is 4.44. The molecule has 0 aliphatic carbocycles. The summed E-state index contributed by atoms with van der Waals surface area (Å²) < 4.78 is 3.22. The van der Waals surface area contributed by atoms with Crippen LogP contribution >= 0.6 is 15.9 Å². The van der Waals surface area contributed by atoms with Crippen LogP contribution in [0.25, 0.3) is 5.52 Å². The van der Waals surface area contributed by atoms with E-state index in [2.05, 4.69) is 57.4 Å². The smallest absolute Gasteiger partial charge is 0.132 e. The quantitative estimate of drug-likeness (QED) is 0.849. The molecule has 3 rings (SSSR count). The number of likely N-dealkylation sites (tertiary alicyclic amines) is 1. The molecular formula is C14H18BrN3. The number of hydrogen-bond acceptors (Lipinski definition) is 2. The zero-order valence-corrected chi connectivity index (χ0v) is 12.4. The molecule has 0 bridgehead atoms. The molecule has 4 heteroatoms. The standard InChI is InChI=1S/C14H18BrN3/c1-3-17-7-6-11(9-17)14-16-13(15)12-5-4-10(2)8-18(12)14/h4-5,8,11H,3,6-7,9H2,1-2H3. The highest BCUT2D eigenvalue weighted by molar-refractivity contribution is 9.10. The molecule has 0 radical (unpaired) electrons. The number of rotatable bonds is 2. The molecule has 96 valence electrons. The molecule has 0 N–H and O–H groups in total. The molecule has 0 saturated carbocycles. The molecule has 1 aliphatic heterocycles. The highest BCUT2D eigenvalue weighted by Crippen LogP contribution is 2.30. The SMILES string of the molecule is CCN1CCC(c2nc(Br)c3ccc(C)cn23)C1. The van der Waals surface area contributed by atoms with E-state index < -0.39 is 0 Å². The van der Waals surface area contributed by atoms with Gasteiger partial charge in [-0.1, -0.05) is 13.0 Å². The van der Waals surface area contributed by atoms with Gasteiger partial charge in [0.25, 0.3) is 0 Å². The van der Waals surface area contributed by atoms with Gasteiger partial charge in [0.1, 0.15) is 10.4 Å². The minimum Gasteiger partial charge on any atom is -0.303 e. The number of pyridine rings is 1. The van der Waals surface area contributed by atoms with Crippen LogP contribution in [-0.4, -0.2) is 33.9 Å². The molecule has 0 amide bonds.